The molecule has 21 heavy (non-hydrogen) atoms. The van der Waals surface area contributed by atoms with Gasteiger partial charge in [0.25, 0.3) is 0 Å². The minimum Gasteiger partial charge on any atom is -0.310 e. The van der Waals surface area contributed by atoms with Crippen molar-refractivity contribution >= 4 is 11.8 Å². The number of hydrogen-bond acceptors (Lipinski definition) is 2. The summed E-state index contributed by atoms with van der Waals surface area (Å²) in [5.74, 6) is 2.08. The van der Waals surface area contributed by atoms with Gasteiger partial charge in [0, 0.05) is 10.9 Å². The third-order valence-electron chi connectivity index (χ3n) is 4.53. The highest BCUT2D eigenvalue weighted by molar-refractivity contribution is 7.99. The predicted octanol–water partition coefficient (Wildman–Crippen LogP) is 5.81. The fraction of sp³-hybridized carbons (Fsp3) is 0.684. The monoisotopic (exact) mass is 305 g/mol. The molecule has 1 unspecified atom stereocenters. The van der Waals surface area contributed by atoms with E-state index in [-0.39, 0.29) is 0 Å². The highest BCUT2D eigenvalue weighted by Gasteiger charge is 2.19. The maximum Gasteiger partial charge on any atom is 0.0322 e. The fourth-order valence-corrected chi connectivity index (χ4v) is 4.04. The Balaban J connectivity index is 1.99. The fourth-order valence-electron chi connectivity index (χ4n) is 3.38. The number of benzene rings is 1. The zero-order valence-corrected chi connectivity index (χ0v) is 14.6. The summed E-state index contributed by atoms with van der Waals surface area (Å²) in [5, 5.41) is 3.78. The van der Waals surface area contributed by atoms with Crippen LogP contribution in [0.25, 0.3) is 0 Å². The van der Waals surface area contributed by atoms with E-state index < -0.39 is 0 Å². The van der Waals surface area contributed by atoms with E-state index in [1.807, 2.05) is 11.8 Å². The Bertz CT molecular complexity index is 381. The van der Waals surface area contributed by atoms with E-state index in [0.717, 1.165) is 18.2 Å². The normalized spacial score (nSPS) is 17.8. The van der Waals surface area contributed by atoms with Gasteiger partial charge in [-0.15, -0.1) is 11.8 Å². The Kier molecular flexibility index (Phi) is 7.66. The topological polar surface area (TPSA) is 12.0 Å². The van der Waals surface area contributed by atoms with Crippen LogP contribution in [0.1, 0.15) is 70.4 Å². The molecule has 0 aromatic heterocycles. The highest BCUT2D eigenvalue weighted by Crippen LogP contribution is 2.32. The third-order valence-corrected chi connectivity index (χ3v) is 5.42. The molecule has 1 atom stereocenters. The molecule has 1 N–H and O–H groups in total. The highest BCUT2D eigenvalue weighted by atomic mass is 32.2. The van der Waals surface area contributed by atoms with Crippen LogP contribution in [0.15, 0.2) is 29.2 Å². The first-order valence-corrected chi connectivity index (χ1v) is 9.78. The minimum atomic E-state index is 0.550. The van der Waals surface area contributed by atoms with Gasteiger partial charge in [-0.2, -0.15) is 0 Å². The van der Waals surface area contributed by atoms with Crippen LogP contribution in [-0.2, 0) is 0 Å². The summed E-state index contributed by atoms with van der Waals surface area (Å²) >= 11 is 1.93. The summed E-state index contributed by atoms with van der Waals surface area (Å²) in [7, 11) is 0. The second-order valence-electron chi connectivity index (χ2n) is 6.25. The zero-order valence-electron chi connectivity index (χ0n) is 13.7. The molecular weight excluding hydrogens is 274 g/mol. The Morgan fingerprint density at radius 3 is 2.43 bits per heavy atom. The SMILES string of the molecule is CCCNC(CC1CCCCC1)c1ccc(SCC)cc1. The molecule has 1 aromatic rings. The van der Waals surface area contributed by atoms with Gasteiger partial charge in [-0.05, 0) is 48.8 Å². The minimum absolute atomic E-state index is 0.550. The van der Waals surface area contributed by atoms with E-state index in [9.17, 15) is 0 Å². The zero-order chi connectivity index (χ0) is 14.9. The molecule has 1 fully saturated rings. The van der Waals surface area contributed by atoms with Crippen molar-refractivity contribution in [2.24, 2.45) is 5.92 Å². The van der Waals surface area contributed by atoms with Gasteiger partial charge in [-0.1, -0.05) is 58.1 Å². The van der Waals surface area contributed by atoms with Crippen molar-refractivity contribution in [2.45, 2.75) is 69.7 Å². The van der Waals surface area contributed by atoms with Crippen LogP contribution in [0.2, 0.25) is 0 Å². The smallest absolute Gasteiger partial charge is 0.0322 e. The Morgan fingerprint density at radius 2 is 1.81 bits per heavy atom. The van der Waals surface area contributed by atoms with Gasteiger partial charge in [0.1, 0.15) is 0 Å². The van der Waals surface area contributed by atoms with Gasteiger partial charge in [0.05, 0.1) is 0 Å². The average molecular weight is 306 g/mol. The first-order chi connectivity index (χ1) is 10.3. The molecule has 0 amide bonds. The van der Waals surface area contributed by atoms with E-state index in [0.29, 0.717) is 6.04 Å². The van der Waals surface area contributed by atoms with Crippen LogP contribution in [0.5, 0.6) is 0 Å². The third kappa shape index (κ3) is 5.67. The molecule has 118 valence electrons. The number of hydrogen-bond donors (Lipinski definition) is 1. The van der Waals surface area contributed by atoms with Crippen LogP contribution in [-0.4, -0.2) is 12.3 Å². The Morgan fingerprint density at radius 1 is 1.10 bits per heavy atom. The summed E-state index contributed by atoms with van der Waals surface area (Å²) in [5.41, 5.74) is 1.48. The van der Waals surface area contributed by atoms with Crippen LogP contribution >= 0.6 is 11.8 Å². The van der Waals surface area contributed by atoms with E-state index in [1.165, 1.54) is 55.4 Å². The van der Waals surface area contributed by atoms with Crippen LogP contribution in [0.4, 0.5) is 0 Å². The second kappa shape index (κ2) is 9.53. The van der Waals surface area contributed by atoms with Crippen molar-refractivity contribution in [1.82, 2.24) is 5.32 Å². The van der Waals surface area contributed by atoms with E-state index in [2.05, 4.69) is 43.4 Å². The van der Waals surface area contributed by atoms with Crippen LogP contribution in [0.3, 0.4) is 0 Å². The summed E-state index contributed by atoms with van der Waals surface area (Å²) in [6.45, 7) is 5.60. The molecule has 0 saturated heterocycles. The predicted molar refractivity (Wildman–Crippen MR) is 95.1 cm³/mol. The summed E-state index contributed by atoms with van der Waals surface area (Å²) in [6.07, 6.45) is 9.74. The summed E-state index contributed by atoms with van der Waals surface area (Å²) in [6, 6.07) is 9.83. The standard InChI is InChI=1S/C19H31NS/c1-3-14-20-19(15-16-8-6-5-7-9-16)17-10-12-18(13-11-17)21-4-2/h10-13,16,19-20H,3-9,14-15H2,1-2H3. The molecule has 2 heteroatoms. The van der Waals surface area contributed by atoms with Gasteiger partial charge in [0.2, 0.25) is 0 Å². The molecular formula is C19H31NS. The Labute approximate surface area is 135 Å². The first-order valence-electron chi connectivity index (χ1n) is 8.79. The van der Waals surface area contributed by atoms with Gasteiger partial charge in [-0.25, -0.2) is 0 Å². The maximum atomic E-state index is 3.78. The van der Waals surface area contributed by atoms with Crippen molar-refractivity contribution in [1.29, 1.82) is 0 Å². The molecule has 0 heterocycles. The van der Waals surface area contributed by atoms with Crippen LogP contribution < -0.4 is 5.32 Å². The molecule has 1 nitrogen and oxygen atoms in total. The molecule has 2 rings (SSSR count). The molecule has 0 bridgehead atoms. The van der Waals surface area contributed by atoms with Crippen LogP contribution in [0, 0.1) is 5.92 Å². The van der Waals surface area contributed by atoms with Gasteiger partial charge in [0.15, 0.2) is 0 Å². The molecule has 1 saturated carbocycles. The summed E-state index contributed by atoms with van der Waals surface area (Å²) in [4.78, 5) is 1.40. The molecule has 1 aliphatic rings. The second-order valence-corrected chi connectivity index (χ2v) is 7.59. The van der Waals surface area contributed by atoms with E-state index in [1.54, 1.807) is 0 Å². The van der Waals surface area contributed by atoms with Gasteiger partial charge in [-0.3, -0.25) is 0 Å². The van der Waals surface area contributed by atoms with E-state index >= 15 is 0 Å². The molecule has 0 aliphatic heterocycles. The lowest BCUT2D eigenvalue weighted by Gasteiger charge is -2.27. The largest absolute Gasteiger partial charge is 0.310 e. The van der Waals surface area contributed by atoms with Gasteiger partial charge < -0.3 is 5.32 Å². The van der Waals surface area contributed by atoms with Crippen molar-refractivity contribution < 1.29 is 0 Å². The molecule has 1 aromatic carbocycles. The van der Waals surface area contributed by atoms with E-state index in [4.69, 9.17) is 0 Å². The number of nitrogens with one attached hydrogen (secondary N) is 1. The molecule has 1 aliphatic carbocycles. The molecule has 0 radical (unpaired) electrons. The van der Waals surface area contributed by atoms with Crippen molar-refractivity contribution in [3.63, 3.8) is 0 Å². The summed E-state index contributed by atoms with van der Waals surface area (Å²) < 4.78 is 0. The maximum absolute atomic E-state index is 3.78. The average Bonchev–Trinajstić information content (AvgIpc) is 2.53. The van der Waals surface area contributed by atoms with Crippen molar-refractivity contribution in [2.75, 3.05) is 12.3 Å². The lowest BCUT2D eigenvalue weighted by atomic mass is 9.83. The molecule has 0 spiro atoms. The Hall–Kier alpha value is -0.470. The number of thioether (sulfide) groups is 1. The lowest BCUT2D eigenvalue weighted by Crippen LogP contribution is -2.25. The number of rotatable bonds is 8. The first kappa shape index (κ1) is 16.9. The van der Waals surface area contributed by atoms with Gasteiger partial charge >= 0.3 is 0 Å². The lowest BCUT2D eigenvalue weighted by molar-refractivity contribution is 0.300. The van der Waals surface area contributed by atoms with Crippen molar-refractivity contribution in [3.05, 3.63) is 29.8 Å². The van der Waals surface area contributed by atoms with Crippen molar-refractivity contribution in [3.8, 4) is 0 Å². The quantitative estimate of drug-likeness (QED) is 0.608.